The number of furan rings is 1. The molecule has 1 aliphatic heterocycles. The molecule has 9 heteroatoms. The van der Waals surface area contributed by atoms with E-state index in [-0.39, 0.29) is 23.6 Å². The van der Waals surface area contributed by atoms with Crippen molar-refractivity contribution >= 4 is 10.9 Å². The van der Waals surface area contributed by atoms with Crippen LogP contribution in [0, 0.1) is 19.8 Å². The molecule has 4 aromatic rings. The highest BCUT2D eigenvalue weighted by Crippen LogP contribution is 2.31. The number of nitrogens with one attached hydrogen (secondary N) is 1. The minimum atomic E-state index is -0.139. The Morgan fingerprint density at radius 1 is 1.19 bits per heavy atom. The van der Waals surface area contributed by atoms with Crippen molar-refractivity contribution < 1.29 is 9.15 Å². The van der Waals surface area contributed by atoms with Crippen molar-refractivity contribution in [2.75, 3.05) is 6.61 Å². The summed E-state index contributed by atoms with van der Waals surface area (Å²) in [7, 11) is 0. The van der Waals surface area contributed by atoms with Gasteiger partial charge in [0, 0.05) is 24.1 Å². The number of aromatic nitrogens is 5. The maximum absolute atomic E-state index is 13.2. The molecule has 2 atom stereocenters. The lowest BCUT2D eigenvalue weighted by Crippen LogP contribution is -2.35. The molecular weight excluding hydrogens is 456 g/mol. The monoisotopic (exact) mass is 490 g/mol. The van der Waals surface area contributed by atoms with Gasteiger partial charge in [0.2, 0.25) is 0 Å². The first-order valence-electron chi connectivity index (χ1n) is 12.7. The van der Waals surface area contributed by atoms with E-state index in [1.807, 2.05) is 35.9 Å². The molecule has 0 bridgehead atoms. The molecule has 1 saturated heterocycles. The first-order chi connectivity index (χ1) is 17.4. The van der Waals surface area contributed by atoms with Crippen LogP contribution in [0.2, 0.25) is 0 Å². The van der Waals surface area contributed by atoms with Crippen LogP contribution in [-0.2, 0) is 24.4 Å². The van der Waals surface area contributed by atoms with E-state index in [1.165, 1.54) is 0 Å². The molecule has 1 fully saturated rings. The van der Waals surface area contributed by atoms with Crippen LogP contribution in [0.5, 0.6) is 0 Å². The van der Waals surface area contributed by atoms with E-state index < -0.39 is 0 Å². The number of pyridine rings is 1. The number of nitrogens with zero attached hydrogens (tertiary/aromatic N) is 5. The summed E-state index contributed by atoms with van der Waals surface area (Å²) in [6, 6.07) is 9.86. The molecule has 1 aliphatic rings. The van der Waals surface area contributed by atoms with Gasteiger partial charge in [-0.15, -0.1) is 5.10 Å². The van der Waals surface area contributed by atoms with E-state index in [0.29, 0.717) is 25.2 Å². The Balaban J connectivity index is 1.54. The summed E-state index contributed by atoms with van der Waals surface area (Å²) >= 11 is 0. The second kappa shape index (κ2) is 10.4. The van der Waals surface area contributed by atoms with Crippen LogP contribution >= 0.6 is 0 Å². The van der Waals surface area contributed by atoms with Crippen molar-refractivity contribution in [2.24, 2.45) is 5.92 Å². The highest BCUT2D eigenvalue weighted by atomic mass is 16.5. The quantitative estimate of drug-likeness (QED) is 0.373. The maximum atomic E-state index is 13.2. The SMILES string of the molecule is Cc1ccc(C)c2[nH]c(=O)c(CN(Cc3ccco3)[C@@H](c3nnnn3C[C@@H]3CCCO3)C(C)C)cc12. The van der Waals surface area contributed by atoms with Crippen LogP contribution in [0.4, 0.5) is 0 Å². The summed E-state index contributed by atoms with van der Waals surface area (Å²) in [5, 5.41) is 13.8. The molecule has 3 aromatic heterocycles. The fraction of sp³-hybridized carbons (Fsp3) is 0.481. The van der Waals surface area contributed by atoms with Crippen LogP contribution in [0.1, 0.15) is 61.0 Å². The zero-order valence-corrected chi connectivity index (χ0v) is 21.4. The Morgan fingerprint density at radius 2 is 2.03 bits per heavy atom. The van der Waals surface area contributed by atoms with E-state index in [2.05, 4.69) is 52.2 Å². The normalized spacial score (nSPS) is 17.0. The zero-order chi connectivity index (χ0) is 25.2. The summed E-state index contributed by atoms with van der Waals surface area (Å²) < 4.78 is 13.4. The van der Waals surface area contributed by atoms with Crippen molar-refractivity contribution in [2.45, 2.75) is 72.3 Å². The zero-order valence-electron chi connectivity index (χ0n) is 21.4. The third kappa shape index (κ3) is 4.99. The second-order valence-corrected chi connectivity index (χ2v) is 10.1. The first-order valence-corrected chi connectivity index (χ1v) is 12.7. The summed E-state index contributed by atoms with van der Waals surface area (Å²) in [6.07, 6.45) is 3.86. The van der Waals surface area contributed by atoms with Gasteiger partial charge < -0.3 is 14.1 Å². The van der Waals surface area contributed by atoms with Crippen LogP contribution in [-0.4, -0.2) is 42.8 Å². The average molecular weight is 491 g/mol. The molecule has 0 unspecified atom stereocenters. The number of H-pyrrole nitrogens is 1. The Morgan fingerprint density at radius 3 is 2.75 bits per heavy atom. The summed E-state index contributed by atoms with van der Waals surface area (Å²) in [5.74, 6) is 1.78. The van der Waals surface area contributed by atoms with Gasteiger partial charge in [0.05, 0.1) is 37.0 Å². The molecule has 190 valence electrons. The maximum Gasteiger partial charge on any atom is 0.252 e. The Kier molecular flexibility index (Phi) is 7.02. The molecule has 0 radical (unpaired) electrons. The van der Waals surface area contributed by atoms with E-state index in [9.17, 15) is 4.79 Å². The van der Waals surface area contributed by atoms with Gasteiger partial charge in [-0.2, -0.15) is 0 Å². The number of ether oxygens (including phenoxy) is 1. The van der Waals surface area contributed by atoms with Crippen molar-refractivity contribution in [3.05, 3.63) is 75.2 Å². The van der Waals surface area contributed by atoms with Crippen molar-refractivity contribution in [1.82, 2.24) is 30.1 Å². The van der Waals surface area contributed by atoms with E-state index in [0.717, 1.165) is 53.1 Å². The first kappa shape index (κ1) is 24.4. The minimum absolute atomic E-state index is 0.0814. The van der Waals surface area contributed by atoms with Gasteiger partial charge in [-0.05, 0) is 72.4 Å². The lowest BCUT2D eigenvalue weighted by molar-refractivity contribution is 0.0836. The molecule has 1 N–H and O–H groups in total. The van der Waals surface area contributed by atoms with Crippen molar-refractivity contribution in [3.63, 3.8) is 0 Å². The van der Waals surface area contributed by atoms with Crippen LogP contribution in [0.15, 0.2) is 45.8 Å². The number of fused-ring (bicyclic) bond motifs is 1. The van der Waals surface area contributed by atoms with Gasteiger partial charge in [0.1, 0.15) is 5.76 Å². The summed E-state index contributed by atoms with van der Waals surface area (Å²) in [4.78, 5) is 18.6. The second-order valence-electron chi connectivity index (χ2n) is 10.1. The molecule has 0 amide bonds. The largest absolute Gasteiger partial charge is 0.468 e. The number of aryl methyl sites for hydroxylation is 2. The van der Waals surface area contributed by atoms with Crippen LogP contribution < -0.4 is 5.56 Å². The van der Waals surface area contributed by atoms with Gasteiger partial charge in [-0.3, -0.25) is 9.69 Å². The lowest BCUT2D eigenvalue weighted by Gasteiger charge is -2.33. The van der Waals surface area contributed by atoms with E-state index in [4.69, 9.17) is 9.15 Å². The van der Waals surface area contributed by atoms with Crippen molar-refractivity contribution in [1.29, 1.82) is 0 Å². The van der Waals surface area contributed by atoms with Crippen LogP contribution in [0.25, 0.3) is 10.9 Å². The molecule has 36 heavy (non-hydrogen) atoms. The van der Waals surface area contributed by atoms with Gasteiger partial charge in [0.15, 0.2) is 5.82 Å². The molecule has 5 rings (SSSR count). The van der Waals surface area contributed by atoms with Gasteiger partial charge >= 0.3 is 0 Å². The Hall–Kier alpha value is -3.30. The predicted octanol–water partition coefficient (Wildman–Crippen LogP) is 4.30. The highest BCUT2D eigenvalue weighted by Gasteiger charge is 2.31. The number of tetrazole rings is 1. The van der Waals surface area contributed by atoms with Crippen molar-refractivity contribution in [3.8, 4) is 0 Å². The fourth-order valence-electron chi connectivity index (χ4n) is 5.23. The van der Waals surface area contributed by atoms with Gasteiger partial charge in [-0.25, -0.2) is 4.68 Å². The summed E-state index contributed by atoms with van der Waals surface area (Å²) in [5.41, 5.74) is 3.70. The average Bonchev–Trinajstić information content (AvgIpc) is 3.62. The van der Waals surface area contributed by atoms with Crippen LogP contribution in [0.3, 0.4) is 0 Å². The minimum Gasteiger partial charge on any atom is -0.468 e. The third-order valence-corrected chi connectivity index (χ3v) is 7.08. The number of benzene rings is 1. The molecule has 4 heterocycles. The molecule has 0 saturated carbocycles. The predicted molar refractivity (Wildman–Crippen MR) is 136 cm³/mol. The Bertz CT molecular complexity index is 1370. The smallest absolute Gasteiger partial charge is 0.252 e. The molecule has 0 spiro atoms. The van der Waals surface area contributed by atoms with Gasteiger partial charge in [-0.1, -0.05) is 26.0 Å². The molecule has 1 aromatic carbocycles. The van der Waals surface area contributed by atoms with Gasteiger partial charge in [0.25, 0.3) is 5.56 Å². The third-order valence-electron chi connectivity index (χ3n) is 7.08. The lowest BCUT2D eigenvalue weighted by atomic mass is 9.99. The number of hydrogen-bond donors (Lipinski definition) is 1. The Labute approximate surface area is 210 Å². The number of rotatable bonds is 9. The molecular formula is C27H34N6O3. The number of aromatic amines is 1. The van der Waals surface area contributed by atoms with E-state index >= 15 is 0 Å². The molecule has 9 nitrogen and oxygen atoms in total. The standard InChI is InChI=1S/C27H34N6O3/c1-17(2)25(26-29-30-31-33(26)16-22-8-6-12-36-22)32(15-21-7-5-11-35-21)14-20-13-23-18(3)9-10-19(4)24(23)28-27(20)34/h5,7,9-11,13,17,22,25H,6,8,12,14-16H2,1-4H3,(H,28,34)/t22-,25+/m0/s1. The highest BCUT2D eigenvalue weighted by molar-refractivity contribution is 5.85. The fourth-order valence-corrected chi connectivity index (χ4v) is 5.23. The molecule has 0 aliphatic carbocycles. The summed E-state index contributed by atoms with van der Waals surface area (Å²) in [6.45, 7) is 10.7. The topological polar surface area (TPSA) is 102 Å². The van der Waals surface area contributed by atoms with E-state index in [1.54, 1.807) is 6.26 Å². The number of hydrogen-bond acceptors (Lipinski definition) is 7.